The van der Waals surface area contributed by atoms with E-state index in [2.05, 4.69) is 26.2 Å². The van der Waals surface area contributed by atoms with Crippen LogP contribution in [0, 0.1) is 6.92 Å². The fraction of sp³-hybridized carbons (Fsp3) is 0.545. The van der Waals surface area contributed by atoms with Gasteiger partial charge in [0.05, 0.1) is 36.2 Å². The molecule has 0 unspecified atom stereocenters. The molecule has 0 saturated carbocycles. The predicted molar refractivity (Wildman–Crippen MR) is 72.3 cm³/mol. The second-order valence-electron chi connectivity index (χ2n) is 3.53. The first-order chi connectivity index (χ1) is 8.16. The van der Waals surface area contributed by atoms with Crippen LogP contribution in [0.1, 0.15) is 5.56 Å². The Hall–Kier alpha value is -0.850. The van der Waals surface area contributed by atoms with Crippen LogP contribution in [0.5, 0.6) is 0 Å². The number of aromatic nitrogens is 1. The van der Waals surface area contributed by atoms with Gasteiger partial charge >= 0.3 is 0 Å². The van der Waals surface area contributed by atoms with Crippen LogP contribution in [0.15, 0.2) is 10.7 Å². The van der Waals surface area contributed by atoms with Gasteiger partial charge in [-0.05, 0) is 28.4 Å². The van der Waals surface area contributed by atoms with E-state index in [9.17, 15) is 0 Å². The summed E-state index contributed by atoms with van der Waals surface area (Å²) < 4.78 is 11.1. The summed E-state index contributed by atoms with van der Waals surface area (Å²) in [6.07, 6.45) is 1.65. The van der Waals surface area contributed by atoms with Gasteiger partial charge in [-0.3, -0.25) is 0 Å². The highest BCUT2D eigenvalue weighted by atomic mass is 79.9. The molecule has 5 nitrogen and oxygen atoms in total. The molecule has 0 aliphatic heterocycles. The number of rotatable bonds is 7. The van der Waals surface area contributed by atoms with Gasteiger partial charge in [0.2, 0.25) is 0 Å². The van der Waals surface area contributed by atoms with Crippen molar-refractivity contribution in [3.63, 3.8) is 0 Å². The van der Waals surface area contributed by atoms with Crippen molar-refractivity contribution in [1.82, 2.24) is 4.98 Å². The van der Waals surface area contributed by atoms with Crippen LogP contribution < -0.4 is 11.1 Å². The minimum absolute atomic E-state index is 0.605. The second-order valence-corrected chi connectivity index (χ2v) is 4.33. The zero-order valence-electron chi connectivity index (χ0n) is 10.1. The average molecular weight is 304 g/mol. The molecule has 1 aromatic rings. The third-order valence-corrected chi connectivity index (χ3v) is 3.24. The first-order valence-electron chi connectivity index (χ1n) is 5.38. The first-order valence-corrected chi connectivity index (χ1v) is 6.17. The van der Waals surface area contributed by atoms with E-state index < -0.39 is 0 Å². The van der Waals surface area contributed by atoms with E-state index in [0.29, 0.717) is 32.1 Å². The number of hydrogen-bond donors (Lipinski definition) is 2. The van der Waals surface area contributed by atoms with Crippen molar-refractivity contribution in [3.05, 3.63) is 16.2 Å². The lowest BCUT2D eigenvalue weighted by molar-refractivity contribution is 0.0759. The Bertz CT molecular complexity index is 361. The van der Waals surface area contributed by atoms with Crippen molar-refractivity contribution < 1.29 is 9.47 Å². The highest BCUT2D eigenvalue weighted by Crippen LogP contribution is 2.27. The van der Waals surface area contributed by atoms with E-state index in [0.717, 1.165) is 15.9 Å². The highest BCUT2D eigenvalue weighted by Gasteiger charge is 2.06. The molecule has 1 rings (SSSR count). The summed E-state index contributed by atoms with van der Waals surface area (Å²) in [6, 6.07) is 0. The number of anilines is 2. The van der Waals surface area contributed by atoms with Crippen molar-refractivity contribution >= 4 is 27.4 Å². The van der Waals surface area contributed by atoms with Gasteiger partial charge in [-0.2, -0.15) is 0 Å². The van der Waals surface area contributed by atoms with Crippen LogP contribution in [0.3, 0.4) is 0 Å². The maximum Gasteiger partial charge on any atom is 0.140 e. The number of hydrogen-bond acceptors (Lipinski definition) is 5. The Morgan fingerprint density at radius 1 is 1.41 bits per heavy atom. The van der Waals surface area contributed by atoms with Crippen LogP contribution >= 0.6 is 15.9 Å². The molecule has 96 valence electrons. The molecule has 0 bridgehead atoms. The molecule has 17 heavy (non-hydrogen) atoms. The largest absolute Gasteiger partial charge is 0.397 e. The molecule has 0 radical (unpaired) electrons. The smallest absolute Gasteiger partial charge is 0.140 e. The number of nitrogens with zero attached hydrogens (tertiary/aromatic N) is 1. The van der Waals surface area contributed by atoms with Gasteiger partial charge in [0.15, 0.2) is 0 Å². The fourth-order valence-corrected chi connectivity index (χ4v) is 1.67. The molecular weight excluding hydrogens is 286 g/mol. The Balaban J connectivity index is 2.35. The molecule has 6 heteroatoms. The zero-order valence-corrected chi connectivity index (χ0v) is 11.7. The predicted octanol–water partition coefficient (Wildman–Crippen LogP) is 1.81. The maximum atomic E-state index is 5.74. The number of nitrogens with one attached hydrogen (secondary N) is 1. The van der Waals surface area contributed by atoms with Crippen molar-refractivity contribution in [2.45, 2.75) is 6.92 Å². The van der Waals surface area contributed by atoms with E-state index in [1.807, 2.05) is 6.92 Å². The van der Waals surface area contributed by atoms with E-state index in [-0.39, 0.29) is 0 Å². The molecule has 1 aromatic heterocycles. The molecule has 0 aromatic carbocycles. The minimum Gasteiger partial charge on any atom is -0.397 e. The van der Waals surface area contributed by atoms with Crippen molar-refractivity contribution in [2.24, 2.45) is 0 Å². The summed E-state index contributed by atoms with van der Waals surface area (Å²) in [4.78, 5) is 4.21. The van der Waals surface area contributed by atoms with Crippen LogP contribution in [0.25, 0.3) is 0 Å². The number of ether oxygens (including phenoxy) is 2. The summed E-state index contributed by atoms with van der Waals surface area (Å²) in [7, 11) is 1.65. The van der Waals surface area contributed by atoms with Crippen molar-refractivity contribution in [2.75, 3.05) is 44.5 Å². The SMILES string of the molecule is COCCOCCNc1ncc(N)c(C)c1Br. The Morgan fingerprint density at radius 2 is 2.18 bits per heavy atom. The third-order valence-electron chi connectivity index (χ3n) is 2.27. The Labute approximate surface area is 110 Å². The average Bonchev–Trinajstić information content (AvgIpc) is 2.33. The molecule has 0 atom stereocenters. The molecule has 3 N–H and O–H groups in total. The van der Waals surface area contributed by atoms with Crippen LogP contribution in [-0.2, 0) is 9.47 Å². The Kier molecular flexibility index (Phi) is 6.25. The first kappa shape index (κ1) is 14.2. The summed E-state index contributed by atoms with van der Waals surface area (Å²) in [5.41, 5.74) is 7.41. The number of methoxy groups -OCH3 is 1. The van der Waals surface area contributed by atoms with Gasteiger partial charge in [0, 0.05) is 13.7 Å². The topological polar surface area (TPSA) is 69.4 Å². The van der Waals surface area contributed by atoms with Gasteiger partial charge in [-0.1, -0.05) is 0 Å². The molecular formula is C11H18BrN3O2. The monoisotopic (exact) mass is 303 g/mol. The molecule has 1 heterocycles. The van der Waals surface area contributed by atoms with Gasteiger partial charge in [0.1, 0.15) is 5.82 Å². The van der Waals surface area contributed by atoms with E-state index in [1.165, 1.54) is 0 Å². The minimum atomic E-state index is 0.605. The lowest BCUT2D eigenvalue weighted by Crippen LogP contribution is -2.13. The number of nitrogens with two attached hydrogens (primary N) is 1. The molecule has 0 aliphatic rings. The van der Waals surface area contributed by atoms with Crippen LogP contribution in [0.2, 0.25) is 0 Å². The summed E-state index contributed by atoms with van der Waals surface area (Å²) in [6.45, 7) is 4.47. The summed E-state index contributed by atoms with van der Waals surface area (Å²) in [5, 5.41) is 3.18. The molecule has 0 spiro atoms. The highest BCUT2D eigenvalue weighted by molar-refractivity contribution is 9.10. The second kappa shape index (κ2) is 7.47. The van der Waals surface area contributed by atoms with E-state index >= 15 is 0 Å². The standard InChI is InChI=1S/C11H18BrN3O2/c1-8-9(13)7-15-11(10(8)12)14-3-4-17-6-5-16-2/h7H,3-6,13H2,1-2H3,(H,14,15). The normalized spacial score (nSPS) is 10.5. The number of pyridine rings is 1. The van der Waals surface area contributed by atoms with Crippen molar-refractivity contribution in [1.29, 1.82) is 0 Å². The van der Waals surface area contributed by atoms with Crippen LogP contribution in [0.4, 0.5) is 11.5 Å². The Morgan fingerprint density at radius 3 is 2.88 bits per heavy atom. The summed E-state index contributed by atoms with van der Waals surface area (Å²) >= 11 is 3.46. The van der Waals surface area contributed by atoms with E-state index in [4.69, 9.17) is 15.2 Å². The van der Waals surface area contributed by atoms with E-state index in [1.54, 1.807) is 13.3 Å². The number of nitrogen functional groups attached to an aromatic ring is 1. The number of halogens is 1. The maximum absolute atomic E-state index is 5.74. The van der Waals surface area contributed by atoms with Gasteiger partial charge in [-0.15, -0.1) is 0 Å². The van der Waals surface area contributed by atoms with Crippen molar-refractivity contribution in [3.8, 4) is 0 Å². The lowest BCUT2D eigenvalue weighted by atomic mass is 10.2. The van der Waals surface area contributed by atoms with Crippen LogP contribution in [-0.4, -0.2) is 38.5 Å². The quantitative estimate of drug-likeness (QED) is 0.752. The lowest BCUT2D eigenvalue weighted by Gasteiger charge is -2.10. The molecule has 0 amide bonds. The molecule has 0 fully saturated rings. The van der Waals surface area contributed by atoms with Gasteiger partial charge in [-0.25, -0.2) is 4.98 Å². The van der Waals surface area contributed by atoms with Gasteiger partial charge < -0.3 is 20.5 Å². The molecule has 0 aliphatic carbocycles. The molecule has 0 saturated heterocycles. The third kappa shape index (κ3) is 4.49. The fourth-order valence-electron chi connectivity index (χ4n) is 1.20. The summed E-state index contributed by atoms with van der Waals surface area (Å²) in [5.74, 6) is 0.784. The zero-order chi connectivity index (χ0) is 12.7. The van der Waals surface area contributed by atoms with Gasteiger partial charge in [0.25, 0.3) is 0 Å².